The van der Waals surface area contributed by atoms with Gasteiger partial charge in [0.15, 0.2) is 0 Å². The van der Waals surface area contributed by atoms with Crippen LogP contribution in [-0.2, 0) is 11.2 Å². The molecule has 1 amide bonds. The molecule has 2 aromatic rings. The van der Waals surface area contributed by atoms with Gasteiger partial charge in [-0.05, 0) is 38.8 Å². The highest BCUT2D eigenvalue weighted by Crippen LogP contribution is 2.25. The predicted octanol–water partition coefficient (Wildman–Crippen LogP) is 4.05. The lowest BCUT2D eigenvalue weighted by molar-refractivity contribution is -0.384. The summed E-state index contributed by atoms with van der Waals surface area (Å²) >= 11 is 5.48. The number of nitrogen functional groups attached to an aromatic ring is 1. The second-order valence-corrected chi connectivity index (χ2v) is 7.85. The molecule has 0 heterocycles. The van der Waals surface area contributed by atoms with E-state index < -0.39 is 22.7 Å². The number of nitro groups is 1. The SMILES string of the molecule is CC(C)(C)OC(=O)N[C@H](Cc1ccccc1)C(=S)Nc1cc([N+](=O)[O-])ccc1N. The van der Waals surface area contributed by atoms with E-state index in [2.05, 4.69) is 10.6 Å². The molecule has 0 aliphatic rings. The first-order chi connectivity index (χ1) is 13.5. The molecule has 0 saturated carbocycles. The summed E-state index contributed by atoms with van der Waals surface area (Å²) in [6.07, 6.45) is -0.213. The van der Waals surface area contributed by atoms with Crippen molar-refractivity contribution in [3.05, 3.63) is 64.2 Å². The van der Waals surface area contributed by atoms with Gasteiger partial charge in [-0.3, -0.25) is 10.1 Å². The molecule has 0 aliphatic carbocycles. The van der Waals surface area contributed by atoms with Crippen LogP contribution in [0.4, 0.5) is 21.9 Å². The van der Waals surface area contributed by atoms with Crippen LogP contribution in [-0.4, -0.2) is 27.6 Å². The number of alkyl carbamates (subject to hydrolysis) is 1. The average molecular weight is 417 g/mol. The Morgan fingerprint density at radius 3 is 2.48 bits per heavy atom. The fraction of sp³-hybridized carbons (Fsp3) is 0.300. The smallest absolute Gasteiger partial charge is 0.408 e. The summed E-state index contributed by atoms with van der Waals surface area (Å²) in [5.74, 6) is 0. The van der Waals surface area contributed by atoms with Crippen LogP contribution in [0.25, 0.3) is 0 Å². The minimum absolute atomic E-state index is 0.121. The van der Waals surface area contributed by atoms with E-state index in [-0.39, 0.29) is 10.7 Å². The lowest BCUT2D eigenvalue weighted by atomic mass is 10.1. The number of hydrogen-bond acceptors (Lipinski definition) is 6. The second-order valence-electron chi connectivity index (χ2n) is 7.41. The van der Waals surface area contributed by atoms with E-state index in [1.54, 1.807) is 20.8 Å². The van der Waals surface area contributed by atoms with Gasteiger partial charge in [-0.15, -0.1) is 0 Å². The number of carbonyl (C=O) groups is 1. The molecule has 0 aliphatic heterocycles. The summed E-state index contributed by atoms with van der Waals surface area (Å²) in [5.41, 5.74) is 6.68. The van der Waals surface area contributed by atoms with Crippen LogP contribution in [0.3, 0.4) is 0 Å². The molecule has 0 radical (unpaired) electrons. The van der Waals surface area contributed by atoms with Gasteiger partial charge < -0.3 is 21.1 Å². The predicted molar refractivity (Wildman–Crippen MR) is 117 cm³/mol. The third-order valence-corrected chi connectivity index (χ3v) is 4.18. The van der Waals surface area contributed by atoms with Gasteiger partial charge in [0, 0.05) is 12.1 Å². The maximum Gasteiger partial charge on any atom is 0.408 e. The van der Waals surface area contributed by atoms with Crippen LogP contribution in [0.15, 0.2) is 48.5 Å². The van der Waals surface area contributed by atoms with Gasteiger partial charge in [-0.25, -0.2) is 4.79 Å². The summed E-state index contributed by atoms with van der Waals surface area (Å²) in [6, 6.07) is 12.9. The lowest BCUT2D eigenvalue weighted by Crippen LogP contribution is -2.46. The molecule has 4 N–H and O–H groups in total. The summed E-state index contributed by atoms with van der Waals surface area (Å²) in [7, 11) is 0. The molecule has 154 valence electrons. The molecule has 2 rings (SSSR count). The van der Waals surface area contributed by atoms with Crippen LogP contribution in [0.5, 0.6) is 0 Å². The Labute approximate surface area is 174 Å². The summed E-state index contributed by atoms with van der Waals surface area (Å²) in [5, 5.41) is 16.7. The van der Waals surface area contributed by atoms with Crippen molar-refractivity contribution >= 4 is 40.4 Å². The average Bonchev–Trinajstić information content (AvgIpc) is 2.62. The first-order valence-electron chi connectivity index (χ1n) is 8.93. The summed E-state index contributed by atoms with van der Waals surface area (Å²) < 4.78 is 5.33. The highest BCUT2D eigenvalue weighted by atomic mass is 32.1. The zero-order valence-corrected chi connectivity index (χ0v) is 17.3. The van der Waals surface area contributed by atoms with Gasteiger partial charge in [0.1, 0.15) is 10.6 Å². The van der Waals surface area contributed by atoms with E-state index in [0.29, 0.717) is 17.8 Å². The number of nitrogens with two attached hydrogens (primary N) is 1. The van der Waals surface area contributed by atoms with E-state index in [1.807, 2.05) is 30.3 Å². The van der Waals surface area contributed by atoms with Gasteiger partial charge in [-0.2, -0.15) is 0 Å². The Bertz CT molecular complexity index is 897. The van der Waals surface area contributed by atoms with Gasteiger partial charge in [0.2, 0.25) is 0 Å². The van der Waals surface area contributed by atoms with E-state index in [1.165, 1.54) is 18.2 Å². The van der Waals surface area contributed by atoms with Gasteiger partial charge in [0.25, 0.3) is 5.69 Å². The number of ether oxygens (including phenoxy) is 1. The summed E-state index contributed by atoms with van der Waals surface area (Å²) in [4.78, 5) is 23.1. The highest BCUT2D eigenvalue weighted by Gasteiger charge is 2.23. The van der Waals surface area contributed by atoms with Crippen molar-refractivity contribution in [2.24, 2.45) is 0 Å². The largest absolute Gasteiger partial charge is 0.444 e. The number of nitro benzene ring substituents is 1. The quantitative estimate of drug-likeness (QED) is 0.281. The van der Waals surface area contributed by atoms with Crippen molar-refractivity contribution in [2.75, 3.05) is 11.1 Å². The number of carbonyl (C=O) groups excluding carboxylic acids is 1. The first-order valence-corrected chi connectivity index (χ1v) is 9.34. The zero-order valence-electron chi connectivity index (χ0n) is 16.5. The van der Waals surface area contributed by atoms with E-state index in [9.17, 15) is 14.9 Å². The molecule has 2 aromatic carbocycles. The molecule has 0 bridgehead atoms. The van der Waals surface area contributed by atoms with Gasteiger partial charge >= 0.3 is 6.09 Å². The molecule has 29 heavy (non-hydrogen) atoms. The van der Waals surface area contributed by atoms with Crippen LogP contribution in [0, 0.1) is 10.1 Å². The highest BCUT2D eigenvalue weighted by molar-refractivity contribution is 7.80. The van der Waals surface area contributed by atoms with Crippen molar-refractivity contribution in [3.63, 3.8) is 0 Å². The second kappa shape index (κ2) is 9.33. The van der Waals surface area contributed by atoms with Crippen LogP contribution < -0.4 is 16.4 Å². The minimum Gasteiger partial charge on any atom is -0.444 e. The number of non-ortho nitro benzene ring substituents is 1. The molecule has 0 spiro atoms. The lowest BCUT2D eigenvalue weighted by Gasteiger charge is -2.25. The number of benzene rings is 2. The Hall–Kier alpha value is -3.20. The fourth-order valence-corrected chi connectivity index (χ4v) is 2.75. The third-order valence-electron chi connectivity index (χ3n) is 3.80. The number of thiocarbonyl (C=S) groups is 1. The van der Waals surface area contributed by atoms with Gasteiger partial charge in [0.05, 0.1) is 22.3 Å². The zero-order chi connectivity index (χ0) is 21.6. The third kappa shape index (κ3) is 7.04. The molecule has 0 unspecified atom stereocenters. The number of anilines is 2. The van der Waals surface area contributed by atoms with Crippen molar-refractivity contribution in [3.8, 4) is 0 Å². The maximum atomic E-state index is 12.3. The molecular formula is C20H24N4O4S. The number of rotatable bonds is 6. The van der Waals surface area contributed by atoms with E-state index >= 15 is 0 Å². The number of nitrogens with one attached hydrogen (secondary N) is 2. The first kappa shape index (κ1) is 22.1. The topological polar surface area (TPSA) is 120 Å². The molecule has 1 atom stereocenters. The maximum absolute atomic E-state index is 12.3. The Balaban J connectivity index is 2.23. The van der Waals surface area contributed by atoms with Crippen LogP contribution >= 0.6 is 12.2 Å². The molecule has 9 heteroatoms. The monoisotopic (exact) mass is 416 g/mol. The number of nitrogens with zero attached hydrogens (tertiary/aromatic N) is 1. The van der Waals surface area contributed by atoms with E-state index in [4.69, 9.17) is 22.7 Å². The molecule has 0 fully saturated rings. The molecule has 8 nitrogen and oxygen atoms in total. The fourth-order valence-electron chi connectivity index (χ4n) is 2.49. The van der Waals surface area contributed by atoms with Crippen molar-refractivity contribution in [2.45, 2.75) is 38.8 Å². The van der Waals surface area contributed by atoms with E-state index in [0.717, 1.165) is 5.56 Å². The Morgan fingerprint density at radius 1 is 1.24 bits per heavy atom. The Kier molecular flexibility index (Phi) is 7.11. The molecule has 0 aromatic heterocycles. The van der Waals surface area contributed by atoms with Crippen LogP contribution in [0.1, 0.15) is 26.3 Å². The number of amides is 1. The normalized spacial score (nSPS) is 12.0. The van der Waals surface area contributed by atoms with Crippen molar-refractivity contribution in [1.82, 2.24) is 5.32 Å². The van der Waals surface area contributed by atoms with Crippen molar-refractivity contribution in [1.29, 1.82) is 0 Å². The summed E-state index contributed by atoms with van der Waals surface area (Å²) in [6.45, 7) is 5.29. The molecule has 0 saturated heterocycles. The molecular weight excluding hydrogens is 392 g/mol. The standard InChI is InChI=1S/C20H24N4O4S/c1-20(2,3)28-19(25)23-17(11-13-7-5-4-6-8-13)18(29)22-16-12-14(24(26)27)9-10-15(16)21/h4-10,12,17H,11,21H2,1-3H3,(H,22,29)(H,23,25)/t17-/m1/s1. The Morgan fingerprint density at radius 2 is 1.90 bits per heavy atom. The van der Waals surface area contributed by atoms with Crippen molar-refractivity contribution < 1.29 is 14.5 Å². The van der Waals surface area contributed by atoms with Crippen LogP contribution in [0.2, 0.25) is 0 Å². The van der Waals surface area contributed by atoms with Gasteiger partial charge in [-0.1, -0.05) is 42.5 Å². The number of hydrogen-bond donors (Lipinski definition) is 3. The minimum atomic E-state index is -0.666.